The van der Waals surface area contributed by atoms with Gasteiger partial charge in [-0.15, -0.1) is 0 Å². The average Bonchev–Trinajstić information content (AvgIpc) is 3.45. The lowest BCUT2D eigenvalue weighted by atomic mass is 9.93. The molecule has 1 N–H and O–H groups in total. The van der Waals surface area contributed by atoms with Crippen LogP contribution in [0, 0.1) is 0 Å². The van der Waals surface area contributed by atoms with Crippen molar-refractivity contribution in [3.05, 3.63) is 69.2 Å². The highest BCUT2D eigenvalue weighted by atomic mass is 31.2. The maximum absolute atomic E-state index is 14.4. The maximum Gasteiger partial charge on any atom is 0.459 e. The summed E-state index contributed by atoms with van der Waals surface area (Å²) in [6.45, 7) is 9.30. The monoisotopic (exact) mass is 858 g/mol. The summed E-state index contributed by atoms with van der Waals surface area (Å²) in [6, 6.07) is 8.48. The first-order valence-electron chi connectivity index (χ1n) is 21.7. The van der Waals surface area contributed by atoms with Crippen molar-refractivity contribution in [2.24, 2.45) is 5.11 Å². The zero-order valence-electron chi connectivity index (χ0n) is 36.4. The van der Waals surface area contributed by atoms with Crippen LogP contribution in [-0.2, 0) is 44.1 Å². The number of benzene rings is 1. The fourth-order valence-corrected chi connectivity index (χ4v) is 8.59. The third-order valence-corrected chi connectivity index (χ3v) is 11.9. The molecule has 6 atom stereocenters. The summed E-state index contributed by atoms with van der Waals surface area (Å²) >= 11 is 0. The van der Waals surface area contributed by atoms with Gasteiger partial charge in [0.1, 0.15) is 35.3 Å². The molecule has 2 aromatic rings. The molecule has 1 aromatic heterocycles. The van der Waals surface area contributed by atoms with Crippen LogP contribution in [0.15, 0.2) is 52.5 Å². The molecule has 17 heteroatoms. The van der Waals surface area contributed by atoms with Crippen LogP contribution in [0.4, 0.5) is 0 Å². The number of hydrogen-bond acceptors (Lipinski definition) is 12. The lowest BCUT2D eigenvalue weighted by Crippen LogP contribution is -2.47. The molecule has 0 radical (unpaired) electrons. The number of nitrogens with one attached hydrogen (secondary N) is 1. The van der Waals surface area contributed by atoms with E-state index in [4.69, 9.17) is 23.3 Å². The second-order valence-corrected chi connectivity index (χ2v) is 17.8. The minimum absolute atomic E-state index is 0.0714. The Hall–Kier alpha value is -4.07. The lowest BCUT2D eigenvalue weighted by Gasteiger charge is -2.31. The Morgan fingerprint density at radius 1 is 0.950 bits per heavy atom. The summed E-state index contributed by atoms with van der Waals surface area (Å²) in [7, 11) is -4.42. The molecule has 16 nitrogen and oxygen atoms in total. The number of azide groups is 1. The first-order valence-corrected chi connectivity index (χ1v) is 23.2. The average molecular weight is 859 g/mol. The molecule has 334 valence electrons. The number of aromatic nitrogens is 2. The fraction of sp³-hybridized carbons (Fsp3) is 0.698. The van der Waals surface area contributed by atoms with Gasteiger partial charge in [-0.3, -0.25) is 23.5 Å². The summed E-state index contributed by atoms with van der Waals surface area (Å²) < 4.78 is 44.7. The van der Waals surface area contributed by atoms with Gasteiger partial charge in [-0.1, -0.05) is 120 Å². The van der Waals surface area contributed by atoms with E-state index in [9.17, 15) is 29.3 Å². The van der Waals surface area contributed by atoms with Crippen LogP contribution in [0.1, 0.15) is 156 Å². The quantitative estimate of drug-likeness (QED) is 0.0194. The van der Waals surface area contributed by atoms with Crippen molar-refractivity contribution < 1.29 is 42.2 Å². The van der Waals surface area contributed by atoms with Crippen LogP contribution >= 0.6 is 7.75 Å². The molecule has 0 amide bonds. The Labute approximate surface area is 355 Å². The minimum Gasteiger partial charge on any atom is -0.462 e. The highest BCUT2D eigenvalue weighted by Crippen LogP contribution is 2.48. The molecule has 3 rings (SSSR count). The molecule has 1 aliphatic rings. The molecule has 0 bridgehead atoms. The number of para-hydroxylation sites is 1. The van der Waals surface area contributed by atoms with Gasteiger partial charge >= 0.3 is 25.4 Å². The Morgan fingerprint density at radius 3 is 2.07 bits per heavy atom. The number of rotatable bonds is 30. The van der Waals surface area contributed by atoms with Crippen molar-refractivity contribution in [3.8, 4) is 5.75 Å². The SMILES string of the molecule is CCCCCCCCCCCCCCCCCC(=O)O[C@@H]1[C@@H](COP(=O)(N[C@@H](C)C(=O)OC(C)C)Oc2ccccc2)O[C@@H](n2ccc(CC(C)=O)nc2=O)[C@]1(C)N=[N+]=[N-]. The molecule has 1 aromatic carbocycles. The van der Waals surface area contributed by atoms with E-state index in [0.29, 0.717) is 6.42 Å². The topological polar surface area (TPSA) is 210 Å². The van der Waals surface area contributed by atoms with Crippen LogP contribution in [0.3, 0.4) is 0 Å². The smallest absolute Gasteiger partial charge is 0.459 e. The second kappa shape index (κ2) is 26.3. The molecule has 2 heterocycles. The first kappa shape index (κ1) is 50.3. The van der Waals surface area contributed by atoms with Crippen molar-refractivity contribution in [1.82, 2.24) is 14.6 Å². The maximum atomic E-state index is 14.4. The van der Waals surface area contributed by atoms with Crippen LogP contribution in [0.2, 0.25) is 0 Å². The summed E-state index contributed by atoms with van der Waals surface area (Å²) in [6.07, 6.45) is 14.6. The Kier molecular flexibility index (Phi) is 22.0. The fourth-order valence-electron chi connectivity index (χ4n) is 7.09. The molecule has 0 saturated carbocycles. The number of ketones is 1. The second-order valence-electron chi connectivity index (χ2n) is 16.1. The first-order chi connectivity index (χ1) is 28.7. The van der Waals surface area contributed by atoms with E-state index in [1.54, 1.807) is 44.2 Å². The van der Waals surface area contributed by atoms with Gasteiger partial charge in [0.05, 0.1) is 18.4 Å². The third kappa shape index (κ3) is 17.1. The molecule has 1 saturated heterocycles. The summed E-state index contributed by atoms with van der Waals surface area (Å²) in [4.78, 5) is 58.3. The predicted molar refractivity (Wildman–Crippen MR) is 228 cm³/mol. The number of hydrogen-bond donors (Lipinski definition) is 1. The van der Waals surface area contributed by atoms with Crippen molar-refractivity contribution in [2.45, 2.75) is 187 Å². The van der Waals surface area contributed by atoms with Crippen molar-refractivity contribution in [2.75, 3.05) is 6.61 Å². The van der Waals surface area contributed by atoms with Crippen LogP contribution in [0.25, 0.3) is 10.4 Å². The van der Waals surface area contributed by atoms with Crippen molar-refractivity contribution >= 4 is 25.5 Å². The molecule has 0 aliphatic carbocycles. The highest BCUT2D eigenvalue weighted by Gasteiger charge is 2.57. The van der Waals surface area contributed by atoms with Gasteiger partial charge in [0, 0.05) is 24.0 Å². The molecule has 0 spiro atoms. The predicted octanol–water partition coefficient (Wildman–Crippen LogP) is 9.65. The Balaban J connectivity index is 1.73. The van der Waals surface area contributed by atoms with Gasteiger partial charge < -0.3 is 18.7 Å². The zero-order valence-corrected chi connectivity index (χ0v) is 37.3. The molecular weight excluding hydrogens is 791 g/mol. The largest absolute Gasteiger partial charge is 0.462 e. The summed E-state index contributed by atoms with van der Waals surface area (Å²) in [5.74, 6) is -1.32. The molecule has 1 unspecified atom stereocenters. The van der Waals surface area contributed by atoms with Crippen LogP contribution in [-0.4, -0.2) is 63.8 Å². The van der Waals surface area contributed by atoms with E-state index >= 15 is 0 Å². The molecule has 60 heavy (non-hydrogen) atoms. The van der Waals surface area contributed by atoms with E-state index in [-0.39, 0.29) is 30.1 Å². The number of Topliss-reactive ketones (excluding diaryl/α,β-unsaturated/α-hetero) is 1. The van der Waals surface area contributed by atoms with Gasteiger partial charge in [0.15, 0.2) is 6.23 Å². The highest BCUT2D eigenvalue weighted by molar-refractivity contribution is 7.52. The summed E-state index contributed by atoms with van der Waals surface area (Å²) in [5.41, 5.74) is 7.45. The Bertz CT molecular complexity index is 1790. The molecular formula is C43H67N6O10P. The van der Waals surface area contributed by atoms with Crippen LogP contribution < -0.4 is 15.3 Å². The van der Waals surface area contributed by atoms with E-state index in [0.717, 1.165) is 30.3 Å². The number of carbonyl (C=O) groups excluding carboxylic acids is 3. The van der Waals surface area contributed by atoms with Gasteiger partial charge in [-0.05, 0) is 64.8 Å². The van der Waals surface area contributed by atoms with Gasteiger partial charge in [-0.2, -0.15) is 10.1 Å². The third-order valence-electron chi connectivity index (χ3n) is 10.2. The normalized spacial score (nSPS) is 20.2. The number of nitrogens with zero attached hydrogens (tertiary/aromatic N) is 5. The van der Waals surface area contributed by atoms with Crippen molar-refractivity contribution in [1.29, 1.82) is 0 Å². The lowest BCUT2D eigenvalue weighted by molar-refractivity contribution is -0.155. The molecule has 1 aliphatic heterocycles. The number of unbranched alkanes of at least 4 members (excludes halogenated alkanes) is 14. The number of ether oxygens (including phenoxy) is 3. The standard InChI is InChI=1S/C43H67N6O10P/c1-7-8-9-10-11-12-13-14-15-16-17-18-19-20-24-27-38(51)58-39-37(57-41(43(39,6)47-48-44)49-29-28-35(30-33(4)50)45-42(49)53)31-55-60(54,59-36-25-22-21-23-26-36)46-34(5)40(52)56-32(2)3/h21-23,25-26,28-29,32,34,37,39,41H,7-20,24,27,30-31H2,1-6H3,(H,46,54)/t34-,37+,39+,41+,43+,60?/m0/s1. The van der Waals surface area contributed by atoms with Crippen molar-refractivity contribution in [3.63, 3.8) is 0 Å². The number of esters is 2. The summed E-state index contributed by atoms with van der Waals surface area (Å²) in [5, 5.41) is 6.62. The van der Waals surface area contributed by atoms with E-state index < -0.39 is 68.1 Å². The Morgan fingerprint density at radius 2 is 1.53 bits per heavy atom. The van der Waals surface area contributed by atoms with Gasteiger partial charge in [-0.25, -0.2) is 9.36 Å². The molecule has 1 fully saturated rings. The van der Waals surface area contributed by atoms with E-state index in [1.807, 2.05) is 0 Å². The number of carbonyl (C=O) groups is 3. The van der Waals surface area contributed by atoms with Gasteiger partial charge in [0.25, 0.3) is 0 Å². The van der Waals surface area contributed by atoms with E-state index in [2.05, 4.69) is 27.0 Å². The van der Waals surface area contributed by atoms with E-state index in [1.165, 1.54) is 97.2 Å². The van der Waals surface area contributed by atoms with Crippen LogP contribution in [0.5, 0.6) is 5.75 Å². The minimum atomic E-state index is -4.42. The zero-order chi connectivity index (χ0) is 44.0. The van der Waals surface area contributed by atoms with Gasteiger partial charge in [0.2, 0.25) is 0 Å².